The van der Waals surface area contributed by atoms with E-state index in [0.29, 0.717) is 42.3 Å². The molecule has 0 saturated carbocycles. The molecule has 4 rings (SSSR count). The predicted molar refractivity (Wildman–Crippen MR) is 119 cm³/mol. The summed E-state index contributed by atoms with van der Waals surface area (Å²) in [5.41, 5.74) is 3.23. The summed E-state index contributed by atoms with van der Waals surface area (Å²) in [6, 6.07) is 4.68. The van der Waals surface area contributed by atoms with Gasteiger partial charge >= 0.3 is 0 Å². The van der Waals surface area contributed by atoms with Crippen LogP contribution in [0.1, 0.15) is 46.0 Å². The zero-order valence-electron chi connectivity index (χ0n) is 18.9. The summed E-state index contributed by atoms with van der Waals surface area (Å²) in [5, 5.41) is 7.30. The van der Waals surface area contributed by atoms with Crippen molar-refractivity contribution in [3.63, 3.8) is 0 Å². The lowest BCUT2D eigenvalue weighted by atomic mass is 10.1. The highest BCUT2D eigenvalue weighted by molar-refractivity contribution is 5.98. The third-order valence-electron chi connectivity index (χ3n) is 6.18. The van der Waals surface area contributed by atoms with Gasteiger partial charge in [-0.2, -0.15) is 5.10 Å². The number of amides is 1. The Hall–Kier alpha value is -3.33. The first-order chi connectivity index (χ1) is 15.4. The summed E-state index contributed by atoms with van der Waals surface area (Å²) >= 11 is 0. The van der Waals surface area contributed by atoms with Crippen LogP contribution in [0.5, 0.6) is 5.75 Å². The molecule has 170 valence electrons. The molecule has 0 spiro atoms. The Labute approximate surface area is 186 Å². The minimum absolute atomic E-state index is 0.160. The lowest BCUT2D eigenvalue weighted by molar-refractivity contribution is 0.0930. The SMILES string of the molecule is COc1cc(=O)n2c(c1C(=O)N[C@@H](C)c1ccco1)CCN(Cc1cnn(C)c1C)CC2. The van der Waals surface area contributed by atoms with Gasteiger partial charge in [0, 0.05) is 62.7 Å². The van der Waals surface area contributed by atoms with Gasteiger partial charge in [-0.15, -0.1) is 0 Å². The van der Waals surface area contributed by atoms with Crippen LogP contribution in [0.15, 0.2) is 39.9 Å². The van der Waals surface area contributed by atoms with Gasteiger partial charge in [0.2, 0.25) is 0 Å². The maximum atomic E-state index is 13.3. The number of carbonyl (C=O) groups is 1. The lowest BCUT2D eigenvalue weighted by Crippen LogP contribution is -2.32. The normalized spacial score (nSPS) is 15.1. The average Bonchev–Trinajstić information content (AvgIpc) is 3.36. The second kappa shape index (κ2) is 9.04. The van der Waals surface area contributed by atoms with E-state index < -0.39 is 0 Å². The molecule has 3 aromatic heterocycles. The zero-order chi connectivity index (χ0) is 22.8. The molecule has 0 aliphatic carbocycles. The summed E-state index contributed by atoms with van der Waals surface area (Å²) in [6.45, 7) is 6.58. The highest BCUT2D eigenvalue weighted by Gasteiger charge is 2.26. The number of ether oxygens (including phenoxy) is 1. The zero-order valence-corrected chi connectivity index (χ0v) is 18.9. The third-order valence-corrected chi connectivity index (χ3v) is 6.18. The largest absolute Gasteiger partial charge is 0.496 e. The lowest BCUT2D eigenvalue weighted by Gasteiger charge is -2.19. The topological polar surface area (TPSA) is 94.5 Å². The fourth-order valence-electron chi connectivity index (χ4n) is 4.17. The van der Waals surface area contributed by atoms with E-state index in [4.69, 9.17) is 9.15 Å². The standard InChI is InChI=1S/C23H29N5O4/c1-15(19-6-5-11-32-19)25-23(30)22-18-7-8-27(14-17-13-24-26(3)16(17)2)9-10-28(18)21(29)12-20(22)31-4/h5-6,11-13,15H,7-10,14H2,1-4H3,(H,25,30)/t15-/m0/s1. The van der Waals surface area contributed by atoms with Crippen LogP contribution in [0.3, 0.4) is 0 Å². The van der Waals surface area contributed by atoms with E-state index in [9.17, 15) is 9.59 Å². The fraction of sp³-hybridized carbons (Fsp3) is 0.435. The van der Waals surface area contributed by atoms with Gasteiger partial charge in [0.05, 0.1) is 25.6 Å². The molecular formula is C23H29N5O4. The van der Waals surface area contributed by atoms with Crippen molar-refractivity contribution >= 4 is 5.91 Å². The number of fused-ring (bicyclic) bond motifs is 1. The number of nitrogens with one attached hydrogen (secondary N) is 1. The van der Waals surface area contributed by atoms with Gasteiger partial charge in [-0.3, -0.25) is 19.2 Å². The Balaban J connectivity index is 1.61. The van der Waals surface area contributed by atoms with Crippen molar-refractivity contribution in [2.24, 2.45) is 7.05 Å². The van der Waals surface area contributed by atoms with Crippen molar-refractivity contribution in [3.8, 4) is 5.75 Å². The quantitative estimate of drug-likeness (QED) is 0.632. The highest BCUT2D eigenvalue weighted by Crippen LogP contribution is 2.25. The van der Waals surface area contributed by atoms with Crippen molar-refractivity contribution in [2.45, 2.75) is 39.4 Å². The molecule has 1 N–H and O–H groups in total. The second-order valence-electron chi connectivity index (χ2n) is 8.14. The van der Waals surface area contributed by atoms with E-state index in [0.717, 1.165) is 24.3 Å². The van der Waals surface area contributed by atoms with Gasteiger partial charge in [0.15, 0.2) is 0 Å². The number of pyridine rings is 1. The van der Waals surface area contributed by atoms with Gasteiger partial charge in [-0.05, 0) is 26.0 Å². The van der Waals surface area contributed by atoms with Crippen molar-refractivity contribution < 1.29 is 13.9 Å². The molecule has 3 aromatic rings. The fourth-order valence-corrected chi connectivity index (χ4v) is 4.17. The first-order valence-electron chi connectivity index (χ1n) is 10.7. The highest BCUT2D eigenvalue weighted by atomic mass is 16.5. The molecule has 0 saturated heterocycles. The van der Waals surface area contributed by atoms with Gasteiger partial charge in [0.1, 0.15) is 17.1 Å². The molecular weight excluding hydrogens is 410 g/mol. The number of hydrogen-bond acceptors (Lipinski definition) is 6. The average molecular weight is 440 g/mol. The van der Waals surface area contributed by atoms with E-state index in [1.807, 2.05) is 37.8 Å². The number of furan rings is 1. The summed E-state index contributed by atoms with van der Waals surface area (Å²) in [7, 11) is 3.41. The molecule has 9 heteroatoms. The molecule has 1 atom stereocenters. The van der Waals surface area contributed by atoms with Gasteiger partial charge in [0.25, 0.3) is 11.5 Å². The van der Waals surface area contributed by atoms with Crippen LogP contribution in [0.2, 0.25) is 0 Å². The van der Waals surface area contributed by atoms with Crippen molar-refractivity contribution in [1.82, 2.24) is 24.6 Å². The molecule has 1 aliphatic rings. The summed E-state index contributed by atoms with van der Waals surface area (Å²) in [5.74, 6) is 0.669. The van der Waals surface area contributed by atoms with Crippen LogP contribution >= 0.6 is 0 Å². The first-order valence-corrected chi connectivity index (χ1v) is 10.7. The van der Waals surface area contributed by atoms with E-state index in [-0.39, 0.29) is 17.5 Å². The number of aryl methyl sites for hydroxylation is 1. The molecule has 4 heterocycles. The second-order valence-corrected chi connectivity index (χ2v) is 8.14. The first kappa shape index (κ1) is 21.9. The van der Waals surface area contributed by atoms with E-state index in [2.05, 4.69) is 15.3 Å². The Bertz CT molecular complexity index is 1160. The van der Waals surface area contributed by atoms with Crippen LogP contribution in [-0.2, 0) is 26.6 Å². The van der Waals surface area contributed by atoms with Gasteiger partial charge < -0.3 is 19.0 Å². The Morgan fingerprint density at radius 2 is 2.16 bits per heavy atom. The van der Waals surface area contributed by atoms with Crippen molar-refractivity contribution in [2.75, 3.05) is 20.2 Å². The van der Waals surface area contributed by atoms with Crippen molar-refractivity contribution in [1.29, 1.82) is 0 Å². The van der Waals surface area contributed by atoms with Crippen LogP contribution in [0.25, 0.3) is 0 Å². The van der Waals surface area contributed by atoms with Crippen LogP contribution in [0, 0.1) is 6.92 Å². The molecule has 1 amide bonds. The number of aromatic nitrogens is 3. The number of nitrogens with zero attached hydrogens (tertiary/aromatic N) is 4. The maximum Gasteiger partial charge on any atom is 0.257 e. The van der Waals surface area contributed by atoms with Crippen LogP contribution < -0.4 is 15.6 Å². The van der Waals surface area contributed by atoms with Gasteiger partial charge in [-0.1, -0.05) is 0 Å². The van der Waals surface area contributed by atoms with Gasteiger partial charge in [-0.25, -0.2) is 0 Å². The smallest absolute Gasteiger partial charge is 0.257 e. The molecule has 0 fully saturated rings. The Morgan fingerprint density at radius 1 is 1.34 bits per heavy atom. The molecule has 32 heavy (non-hydrogen) atoms. The number of methoxy groups -OCH3 is 1. The molecule has 0 radical (unpaired) electrons. The monoisotopic (exact) mass is 439 g/mol. The van der Waals surface area contributed by atoms with E-state index >= 15 is 0 Å². The summed E-state index contributed by atoms with van der Waals surface area (Å²) < 4.78 is 14.4. The minimum Gasteiger partial charge on any atom is -0.496 e. The Kier molecular flexibility index (Phi) is 6.18. The predicted octanol–water partition coefficient (Wildman–Crippen LogP) is 2.04. The van der Waals surface area contributed by atoms with E-state index in [1.54, 1.807) is 16.9 Å². The number of carbonyl (C=O) groups excluding carboxylic acids is 1. The molecule has 0 bridgehead atoms. The number of rotatable bonds is 6. The van der Waals surface area contributed by atoms with Crippen LogP contribution in [0.4, 0.5) is 0 Å². The molecule has 1 aliphatic heterocycles. The summed E-state index contributed by atoms with van der Waals surface area (Å²) in [4.78, 5) is 28.4. The molecule has 0 unspecified atom stereocenters. The molecule has 9 nitrogen and oxygen atoms in total. The molecule has 0 aromatic carbocycles. The van der Waals surface area contributed by atoms with Crippen LogP contribution in [-0.4, -0.2) is 45.4 Å². The Morgan fingerprint density at radius 3 is 2.81 bits per heavy atom. The minimum atomic E-state index is -0.314. The maximum absolute atomic E-state index is 13.3. The van der Waals surface area contributed by atoms with E-state index in [1.165, 1.54) is 13.2 Å². The number of hydrogen-bond donors (Lipinski definition) is 1. The summed E-state index contributed by atoms with van der Waals surface area (Å²) in [6.07, 6.45) is 4.02. The third kappa shape index (κ3) is 4.20. The van der Waals surface area contributed by atoms with Crippen molar-refractivity contribution in [3.05, 3.63) is 69.3 Å².